The first-order chi connectivity index (χ1) is 15.7. The van der Waals surface area contributed by atoms with E-state index < -0.39 is 0 Å². The van der Waals surface area contributed by atoms with Gasteiger partial charge in [0.25, 0.3) is 5.56 Å². The molecular formula is C25H25N5O2. The molecule has 7 nitrogen and oxygen atoms in total. The molecular weight excluding hydrogens is 402 g/mol. The number of nitrogens with zero attached hydrogens (tertiary/aromatic N) is 3. The molecule has 7 heteroatoms. The van der Waals surface area contributed by atoms with Crippen LogP contribution in [0, 0.1) is 0 Å². The van der Waals surface area contributed by atoms with Gasteiger partial charge >= 0.3 is 6.03 Å². The number of fused-ring (bicyclic) bond motifs is 7. The molecule has 2 aromatic carbocycles. The average Bonchev–Trinajstić information content (AvgIpc) is 3.43. The lowest BCUT2D eigenvalue weighted by Crippen LogP contribution is -2.38. The minimum absolute atomic E-state index is 0.0457. The van der Waals surface area contributed by atoms with Gasteiger partial charge in [0.15, 0.2) is 0 Å². The van der Waals surface area contributed by atoms with Crippen LogP contribution < -0.4 is 10.9 Å². The number of hydrogen-bond acceptors (Lipinski definition) is 2. The van der Waals surface area contributed by atoms with Crippen molar-refractivity contribution >= 4 is 50.1 Å². The maximum Gasteiger partial charge on any atom is 0.321 e. The predicted octanol–water partition coefficient (Wildman–Crippen LogP) is 4.93. The fourth-order valence-electron chi connectivity index (χ4n) is 5.18. The molecule has 4 heterocycles. The number of anilines is 1. The third-order valence-corrected chi connectivity index (χ3v) is 6.70. The SMILES string of the molecule is CCn1c2ccc(NC(=O)N3CCCCC3)cc2c2c3[nH]c(=O)c4cccn4c3ccc21. The van der Waals surface area contributed by atoms with E-state index in [1.54, 1.807) is 0 Å². The second kappa shape index (κ2) is 7.15. The lowest BCUT2D eigenvalue weighted by molar-refractivity contribution is 0.200. The van der Waals surface area contributed by atoms with Crippen LogP contribution in [-0.4, -0.2) is 38.0 Å². The Bertz CT molecular complexity index is 1570. The van der Waals surface area contributed by atoms with Crippen molar-refractivity contribution in [1.82, 2.24) is 18.9 Å². The second-order valence-electron chi connectivity index (χ2n) is 8.53. The number of benzene rings is 2. The molecule has 3 aromatic heterocycles. The fraction of sp³-hybridized carbons (Fsp3) is 0.280. The minimum Gasteiger partial charge on any atom is -0.341 e. The molecule has 2 amide bonds. The van der Waals surface area contributed by atoms with Crippen molar-refractivity contribution in [2.75, 3.05) is 18.4 Å². The van der Waals surface area contributed by atoms with E-state index in [0.717, 1.165) is 71.0 Å². The zero-order valence-corrected chi connectivity index (χ0v) is 18.0. The zero-order chi connectivity index (χ0) is 21.8. The molecule has 0 unspecified atom stereocenters. The van der Waals surface area contributed by atoms with E-state index in [1.165, 1.54) is 6.42 Å². The van der Waals surface area contributed by atoms with Gasteiger partial charge in [-0.25, -0.2) is 4.79 Å². The smallest absolute Gasteiger partial charge is 0.321 e. The van der Waals surface area contributed by atoms with E-state index in [-0.39, 0.29) is 11.6 Å². The number of aryl methyl sites for hydroxylation is 1. The summed E-state index contributed by atoms with van der Waals surface area (Å²) in [6.45, 7) is 4.54. The molecule has 1 aliphatic rings. The Hall–Kier alpha value is -3.74. The summed E-state index contributed by atoms with van der Waals surface area (Å²) >= 11 is 0. The summed E-state index contributed by atoms with van der Waals surface area (Å²) < 4.78 is 4.18. The van der Waals surface area contributed by atoms with Crippen LogP contribution in [0.4, 0.5) is 10.5 Å². The molecule has 32 heavy (non-hydrogen) atoms. The second-order valence-corrected chi connectivity index (χ2v) is 8.53. The van der Waals surface area contributed by atoms with E-state index in [9.17, 15) is 9.59 Å². The molecule has 0 bridgehead atoms. The number of carbonyl (C=O) groups is 1. The van der Waals surface area contributed by atoms with Crippen molar-refractivity contribution < 1.29 is 4.79 Å². The van der Waals surface area contributed by atoms with Crippen LogP contribution >= 0.6 is 0 Å². The van der Waals surface area contributed by atoms with Gasteiger partial charge in [0.2, 0.25) is 0 Å². The van der Waals surface area contributed by atoms with Crippen molar-refractivity contribution in [3.8, 4) is 0 Å². The highest BCUT2D eigenvalue weighted by atomic mass is 16.2. The zero-order valence-electron chi connectivity index (χ0n) is 18.0. The summed E-state index contributed by atoms with van der Waals surface area (Å²) in [5.74, 6) is 0. The molecule has 1 saturated heterocycles. The van der Waals surface area contributed by atoms with Crippen LogP contribution in [-0.2, 0) is 6.54 Å². The molecule has 0 aliphatic carbocycles. The number of aromatic amines is 1. The van der Waals surface area contributed by atoms with Gasteiger partial charge in [0.05, 0.1) is 16.6 Å². The molecule has 1 fully saturated rings. The van der Waals surface area contributed by atoms with E-state index in [2.05, 4.69) is 40.0 Å². The Labute approximate surface area is 184 Å². The quantitative estimate of drug-likeness (QED) is 0.419. The number of nitrogens with one attached hydrogen (secondary N) is 2. The average molecular weight is 428 g/mol. The summed E-state index contributed by atoms with van der Waals surface area (Å²) in [5, 5.41) is 5.10. The van der Waals surface area contributed by atoms with Gasteiger partial charge in [-0.1, -0.05) is 0 Å². The Kier molecular flexibility index (Phi) is 4.24. The Balaban J connectivity index is 1.57. The number of urea groups is 1. The van der Waals surface area contributed by atoms with Crippen LogP contribution in [0.25, 0.3) is 38.4 Å². The number of piperidine rings is 1. The monoisotopic (exact) mass is 427 g/mol. The van der Waals surface area contributed by atoms with Gasteiger partial charge in [-0.15, -0.1) is 0 Å². The van der Waals surface area contributed by atoms with E-state index in [0.29, 0.717) is 5.52 Å². The lowest BCUT2D eigenvalue weighted by atomic mass is 10.1. The summed E-state index contributed by atoms with van der Waals surface area (Å²) in [7, 11) is 0. The van der Waals surface area contributed by atoms with Gasteiger partial charge < -0.3 is 24.2 Å². The Morgan fingerprint density at radius 1 is 1.00 bits per heavy atom. The molecule has 0 atom stereocenters. The van der Waals surface area contributed by atoms with Crippen molar-refractivity contribution in [2.45, 2.75) is 32.7 Å². The normalized spacial score (nSPS) is 14.7. The van der Waals surface area contributed by atoms with Crippen LogP contribution in [0.5, 0.6) is 0 Å². The van der Waals surface area contributed by atoms with Gasteiger partial charge in [-0.05, 0) is 68.7 Å². The number of rotatable bonds is 2. The van der Waals surface area contributed by atoms with Gasteiger partial charge in [0.1, 0.15) is 5.52 Å². The van der Waals surface area contributed by atoms with Crippen molar-refractivity contribution in [2.24, 2.45) is 0 Å². The summed E-state index contributed by atoms with van der Waals surface area (Å²) in [6, 6.07) is 13.9. The van der Waals surface area contributed by atoms with Crippen LogP contribution in [0.15, 0.2) is 53.5 Å². The first-order valence-electron chi connectivity index (χ1n) is 11.3. The van der Waals surface area contributed by atoms with Crippen molar-refractivity contribution in [1.29, 1.82) is 0 Å². The van der Waals surface area contributed by atoms with Gasteiger partial charge in [-0.2, -0.15) is 0 Å². The van der Waals surface area contributed by atoms with Crippen LogP contribution in [0.3, 0.4) is 0 Å². The first kappa shape index (κ1) is 19.0. The van der Waals surface area contributed by atoms with Crippen molar-refractivity contribution in [3.63, 3.8) is 0 Å². The van der Waals surface area contributed by atoms with Gasteiger partial charge in [-0.3, -0.25) is 4.79 Å². The maximum atomic E-state index is 12.8. The van der Waals surface area contributed by atoms with Crippen molar-refractivity contribution in [3.05, 3.63) is 59.0 Å². The molecule has 0 spiro atoms. The molecule has 1 aliphatic heterocycles. The highest BCUT2D eigenvalue weighted by Crippen LogP contribution is 2.35. The lowest BCUT2D eigenvalue weighted by Gasteiger charge is -2.26. The third kappa shape index (κ3) is 2.74. The number of H-pyrrole nitrogens is 1. The topological polar surface area (TPSA) is 74.5 Å². The van der Waals surface area contributed by atoms with Crippen LogP contribution in [0.1, 0.15) is 26.2 Å². The predicted molar refractivity (Wildman–Crippen MR) is 129 cm³/mol. The van der Waals surface area contributed by atoms with E-state index in [4.69, 9.17) is 0 Å². The Morgan fingerprint density at radius 3 is 2.59 bits per heavy atom. The Morgan fingerprint density at radius 2 is 1.78 bits per heavy atom. The third-order valence-electron chi connectivity index (χ3n) is 6.70. The number of amides is 2. The minimum atomic E-state index is -0.109. The number of aromatic nitrogens is 3. The molecule has 0 saturated carbocycles. The summed E-state index contributed by atoms with van der Waals surface area (Å²) in [4.78, 5) is 30.5. The van der Waals surface area contributed by atoms with Gasteiger partial charge in [0, 0.05) is 47.8 Å². The largest absolute Gasteiger partial charge is 0.341 e. The maximum absolute atomic E-state index is 12.8. The molecule has 5 aromatic rings. The number of hydrogen-bond donors (Lipinski definition) is 2. The van der Waals surface area contributed by atoms with E-state index in [1.807, 2.05) is 39.8 Å². The summed E-state index contributed by atoms with van der Waals surface area (Å²) in [5.41, 5.74) is 5.20. The fourth-order valence-corrected chi connectivity index (χ4v) is 5.18. The standard InChI is InChI=1S/C25H25N5O2/c1-2-29-18-9-8-16(26-25(32)28-12-4-3-5-13-28)15-17(18)22-19(29)10-11-20-23(22)27-24(31)21-7-6-14-30(20)21/h6-11,14-15H,2-5,12-13H2,1H3,(H,26,32)(H,27,31). The molecule has 2 N–H and O–H groups in total. The highest BCUT2D eigenvalue weighted by molar-refractivity contribution is 6.19. The van der Waals surface area contributed by atoms with Crippen LogP contribution in [0.2, 0.25) is 0 Å². The molecule has 162 valence electrons. The highest BCUT2D eigenvalue weighted by Gasteiger charge is 2.19. The first-order valence-corrected chi connectivity index (χ1v) is 11.3. The summed E-state index contributed by atoms with van der Waals surface area (Å²) in [6.07, 6.45) is 5.22. The molecule has 6 rings (SSSR count). The number of likely N-dealkylation sites (tertiary alicyclic amines) is 1. The molecule has 0 radical (unpaired) electrons. The number of carbonyl (C=O) groups excluding carboxylic acids is 1. The van der Waals surface area contributed by atoms with E-state index >= 15 is 0 Å².